The van der Waals surface area contributed by atoms with Crippen molar-refractivity contribution < 1.29 is 9.53 Å². The molecule has 8 nitrogen and oxygen atoms in total. The summed E-state index contributed by atoms with van der Waals surface area (Å²) in [5.74, 6) is 0.721. The molecule has 1 amide bonds. The number of pyridine rings is 1. The van der Waals surface area contributed by atoms with Gasteiger partial charge in [0.1, 0.15) is 0 Å². The zero-order valence-corrected chi connectivity index (χ0v) is 19.3. The normalized spacial score (nSPS) is 18.1. The minimum Gasteiger partial charge on any atom is -0.385 e. The van der Waals surface area contributed by atoms with Crippen LogP contribution in [0.15, 0.2) is 48.9 Å². The fraction of sp³-hybridized carbons (Fsp3) is 0.385. The van der Waals surface area contributed by atoms with E-state index < -0.39 is 0 Å². The van der Waals surface area contributed by atoms with E-state index in [-0.39, 0.29) is 11.3 Å². The minimum absolute atomic E-state index is 0.0608. The summed E-state index contributed by atoms with van der Waals surface area (Å²) in [6, 6.07) is 10.1. The molecule has 3 aliphatic rings. The van der Waals surface area contributed by atoms with Crippen LogP contribution in [-0.4, -0.2) is 65.2 Å². The van der Waals surface area contributed by atoms with Crippen LogP contribution >= 0.6 is 0 Å². The molecule has 2 aromatic heterocycles. The summed E-state index contributed by atoms with van der Waals surface area (Å²) < 4.78 is 5.40. The average molecular weight is 457 g/mol. The van der Waals surface area contributed by atoms with Crippen LogP contribution in [0.1, 0.15) is 35.7 Å². The molecule has 6 rings (SSSR count). The molecule has 0 radical (unpaired) electrons. The molecule has 3 aromatic rings. The predicted molar refractivity (Wildman–Crippen MR) is 131 cm³/mol. The van der Waals surface area contributed by atoms with E-state index >= 15 is 0 Å². The molecule has 174 valence electrons. The molecule has 0 bridgehead atoms. The predicted octanol–water partition coefficient (Wildman–Crippen LogP) is 3.63. The molecule has 1 spiro atoms. The van der Waals surface area contributed by atoms with E-state index in [1.54, 1.807) is 6.20 Å². The van der Waals surface area contributed by atoms with Crippen LogP contribution < -0.4 is 10.2 Å². The van der Waals surface area contributed by atoms with Crippen LogP contribution in [0.25, 0.3) is 11.3 Å². The van der Waals surface area contributed by atoms with Gasteiger partial charge in [-0.25, -0.2) is 9.97 Å². The van der Waals surface area contributed by atoms with Crippen molar-refractivity contribution in [2.24, 2.45) is 0 Å². The first-order chi connectivity index (χ1) is 16.7. The number of amides is 1. The van der Waals surface area contributed by atoms with Gasteiger partial charge in [0.2, 0.25) is 5.95 Å². The third kappa shape index (κ3) is 3.68. The number of carbonyl (C=O) groups is 1. The Kier molecular flexibility index (Phi) is 5.17. The third-order valence-corrected chi connectivity index (χ3v) is 7.04. The van der Waals surface area contributed by atoms with Gasteiger partial charge in [-0.15, -0.1) is 0 Å². The molecule has 1 saturated carbocycles. The summed E-state index contributed by atoms with van der Waals surface area (Å²) in [6.07, 6.45) is 7.78. The maximum Gasteiger partial charge on any atom is 0.254 e. The molecule has 1 N–H and O–H groups in total. The smallest absolute Gasteiger partial charge is 0.254 e. The van der Waals surface area contributed by atoms with Crippen molar-refractivity contribution in [3.63, 3.8) is 0 Å². The largest absolute Gasteiger partial charge is 0.385 e. The monoisotopic (exact) mass is 456 g/mol. The lowest BCUT2D eigenvalue weighted by Gasteiger charge is -2.27. The molecule has 2 fully saturated rings. The fourth-order valence-electron chi connectivity index (χ4n) is 5.01. The first-order valence-electron chi connectivity index (χ1n) is 12.0. The highest BCUT2D eigenvalue weighted by Gasteiger charge is 2.52. The molecule has 1 aliphatic carbocycles. The van der Waals surface area contributed by atoms with Crippen LogP contribution in [0, 0.1) is 0 Å². The molecular weight excluding hydrogens is 428 g/mol. The van der Waals surface area contributed by atoms with Crippen molar-refractivity contribution in [2.75, 3.05) is 49.6 Å². The molecule has 2 aliphatic heterocycles. The summed E-state index contributed by atoms with van der Waals surface area (Å²) in [7, 11) is 0. The molecule has 4 heterocycles. The summed E-state index contributed by atoms with van der Waals surface area (Å²) >= 11 is 0. The van der Waals surface area contributed by atoms with Crippen LogP contribution in [0.3, 0.4) is 0 Å². The van der Waals surface area contributed by atoms with E-state index in [1.165, 1.54) is 5.56 Å². The van der Waals surface area contributed by atoms with Crippen molar-refractivity contribution in [1.82, 2.24) is 19.9 Å². The topological polar surface area (TPSA) is 83.5 Å². The van der Waals surface area contributed by atoms with Crippen molar-refractivity contribution in [3.05, 3.63) is 60.0 Å². The number of hydrogen-bond donors (Lipinski definition) is 1. The van der Waals surface area contributed by atoms with E-state index in [4.69, 9.17) is 14.7 Å². The van der Waals surface area contributed by atoms with Gasteiger partial charge in [0.15, 0.2) is 0 Å². The lowest BCUT2D eigenvalue weighted by Crippen LogP contribution is -2.40. The summed E-state index contributed by atoms with van der Waals surface area (Å²) in [5.41, 5.74) is 5.97. The number of nitrogens with zero attached hydrogens (tertiary/aromatic N) is 5. The lowest BCUT2D eigenvalue weighted by molar-refractivity contribution is 0.0303. The van der Waals surface area contributed by atoms with Crippen LogP contribution in [-0.2, 0) is 10.2 Å². The van der Waals surface area contributed by atoms with E-state index in [2.05, 4.69) is 28.2 Å². The first kappa shape index (κ1) is 21.0. The number of ether oxygens (including phenoxy) is 1. The Hall–Kier alpha value is -3.52. The van der Waals surface area contributed by atoms with Crippen molar-refractivity contribution in [2.45, 2.75) is 25.2 Å². The highest BCUT2D eigenvalue weighted by atomic mass is 16.5. The number of anilines is 3. The fourth-order valence-corrected chi connectivity index (χ4v) is 5.01. The molecule has 1 aromatic carbocycles. The van der Waals surface area contributed by atoms with Crippen LogP contribution in [0.4, 0.5) is 17.3 Å². The van der Waals surface area contributed by atoms with Crippen molar-refractivity contribution in [1.29, 1.82) is 0 Å². The van der Waals surface area contributed by atoms with Crippen LogP contribution in [0.5, 0.6) is 0 Å². The lowest BCUT2D eigenvalue weighted by atomic mass is 9.97. The number of carbonyl (C=O) groups excluding carboxylic acids is 1. The molecular formula is C26H28N6O2. The number of benzene rings is 1. The van der Waals surface area contributed by atoms with Gasteiger partial charge in [0, 0.05) is 72.7 Å². The van der Waals surface area contributed by atoms with Crippen LogP contribution in [0.2, 0.25) is 0 Å². The highest BCUT2D eigenvalue weighted by molar-refractivity contribution is 5.96. The Morgan fingerprint density at radius 3 is 2.62 bits per heavy atom. The maximum atomic E-state index is 13.1. The van der Waals surface area contributed by atoms with Gasteiger partial charge in [-0.2, -0.15) is 0 Å². The van der Waals surface area contributed by atoms with Crippen molar-refractivity contribution >= 4 is 23.2 Å². The zero-order chi connectivity index (χ0) is 23.1. The molecule has 8 heteroatoms. The summed E-state index contributed by atoms with van der Waals surface area (Å²) in [4.78, 5) is 31.0. The SMILES string of the molecule is CCNc1ccnc(-c2cnc(N3CC4(CC4)c4ccc(C(=O)N5CCOCC5)cc43)nc2)c1. The Balaban J connectivity index is 1.29. The van der Waals surface area contributed by atoms with Crippen molar-refractivity contribution in [3.8, 4) is 11.3 Å². The molecule has 0 atom stereocenters. The molecule has 34 heavy (non-hydrogen) atoms. The zero-order valence-electron chi connectivity index (χ0n) is 19.3. The number of morpholine rings is 1. The molecule has 1 saturated heterocycles. The number of nitrogens with one attached hydrogen (secondary N) is 1. The Morgan fingerprint density at radius 1 is 1.09 bits per heavy atom. The Bertz CT molecular complexity index is 1220. The van der Waals surface area contributed by atoms with Gasteiger partial charge in [-0.1, -0.05) is 6.07 Å². The Labute approximate surface area is 199 Å². The number of fused-ring (bicyclic) bond motifs is 2. The van der Waals surface area contributed by atoms with Gasteiger partial charge >= 0.3 is 0 Å². The Morgan fingerprint density at radius 2 is 1.88 bits per heavy atom. The van der Waals surface area contributed by atoms with Gasteiger partial charge in [-0.05, 0) is 49.6 Å². The number of rotatable bonds is 5. The second kappa shape index (κ2) is 8.36. The van der Waals surface area contributed by atoms with E-state index in [9.17, 15) is 4.79 Å². The maximum absolute atomic E-state index is 13.1. The molecule has 0 unspecified atom stereocenters. The number of aromatic nitrogens is 3. The van der Waals surface area contributed by atoms with Gasteiger partial charge in [0.25, 0.3) is 5.91 Å². The summed E-state index contributed by atoms with van der Waals surface area (Å²) in [6.45, 7) is 6.24. The van der Waals surface area contributed by atoms with Gasteiger partial charge in [-0.3, -0.25) is 9.78 Å². The average Bonchev–Trinajstić information content (AvgIpc) is 3.60. The second-order valence-electron chi connectivity index (χ2n) is 9.23. The van der Waals surface area contributed by atoms with E-state index in [1.807, 2.05) is 41.6 Å². The highest BCUT2D eigenvalue weighted by Crippen LogP contribution is 2.57. The first-order valence-corrected chi connectivity index (χ1v) is 12.0. The standard InChI is InChI=1S/C26H28N6O2/c1-2-27-20-5-8-28-22(14-20)19-15-29-25(30-16-19)32-17-26(6-7-26)21-4-3-18(13-23(21)32)24(33)31-9-11-34-12-10-31/h3-5,8,13-16H,2,6-7,9-12,17H2,1H3,(H,27,28). The summed E-state index contributed by atoms with van der Waals surface area (Å²) in [5, 5.41) is 3.31. The number of hydrogen-bond acceptors (Lipinski definition) is 7. The quantitative estimate of drug-likeness (QED) is 0.628. The minimum atomic E-state index is 0.0608. The third-order valence-electron chi connectivity index (χ3n) is 7.04. The van der Waals surface area contributed by atoms with E-state index in [0.29, 0.717) is 37.8 Å². The van der Waals surface area contributed by atoms with Gasteiger partial charge < -0.3 is 19.9 Å². The van der Waals surface area contributed by atoms with E-state index in [0.717, 1.165) is 48.6 Å². The second-order valence-corrected chi connectivity index (χ2v) is 9.23. The van der Waals surface area contributed by atoms with Gasteiger partial charge in [0.05, 0.1) is 18.9 Å².